The van der Waals surface area contributed by atoms with E-state index in [1.165, 1.54) is 18.2 Å². The molecule has 30 heavy (non-hydrogen) atoms. The second-order valence-corrected chi connectivity index (χ2v) is 7.09. The van der Waals surface area contributed by atoms with Crippen LogP contribution in [0.3, 0.4) is 0 Å². The van der Waals surface area contributed by atoms with E-state index in [4.69, 9.17) is 4.42 Å². The monoisotopic (exact) mass is 401 g/mol. The minimum atomic E-state index is -0.689. The summed E-state index contributed by atoms with van der Waals surface area (Å²) in [6, 6.07) is 18.6. The topological polar surface area (TPSA) is 84.2 Å². The van der Waals surface area contributed by atoms with Crippen LogP contribution >= 0.6 is 0 Å². The molecule has 0 aliphatic carbocycles. The van der Waals surface area contributed by atoms with Crippen molar-refractivity contribution in [2.45, 2.75) is 12.3 Å². The fraction of sp³-hybridized carbons (Fsp3) is 0.0870. The molecule has 1 atom stereocenters. The Kier molecular flexibility index (Phi) is 4.28. The fourth-order valence-corrected chi connectivity index (χ4v) is 3.59. The quantitative estimate of drug-likeness (QED) is 0.521. The molecule has 2 N–H and O–H groups in total. The number of oxazole rings is 1. The molecule has 1 aromatic heterocycles. The van der Waals surface area contributed by atoms with Crippen molar-refractivity contribution >= 4 is 34.3 Å². The average molecular weight is 401 g/mol. The van der Waals surface area contributed by atoms with Crippen LogP contribution in [0.1, 0.15) is 17.9 Å². The van der Waals surface area contributed by atoms with E-state index in [2.05, 4.69) is 15.6 Å². The Bertz CT molecular complexity index is 1250. The summed E-state index contributed by atoms with van der Waals surface area (Å²) in [4.78, 5) is 29.2. The molecule has 6 nitrogen and oxygen atoms in total. The summed E-state index contributed by atoms with van der Waals surface area (Å²) >= 11 is 0. The van der Waals surface area contributed by atoms with E-state index < -0.39 is 11.7 Å². The maximum absolute atomic E-state index is 13.5. The highest BCUT2D eigenvalue weighted by Gasteiger charge is 2.31. The molecule has 3 aromatic carbocycles. The Morgan fingerprint density at radius 1 is 1.10 bits per heavy atom. The van der Waals surface area contributed by atoms with Crippen LogP contribution in [-0.2, 0) is 9.59 Å². The molecular weight excluding hydrogens is 385 g/mol. The molecule has 0 spiro atoms. The third-order valence-electron chi connectivity index (χ3n) is 5.06. The Balaban J connectivity index is 1.36. The molecule has 1 unspecified atom stereocenters. The zero-order chi connectivity index (χ0) is 20.7. The number of carbonyl (C=O) groups is 2. The Morgan fingerprint density at radius 3 is 2.70 bits per heavy atom. The molecule has 0 saturated heterocycles. The first-order chi connectivity index (χ1) is 14.6. The van der Waals surface area contributed by atoms with Crippen LogP contribution in [0.2, 0.25) is 0 Å². The molecule has 5 rings (SSSR count). The zero-order valence-corrected chi connectivity index (χ0v) is 15.7. The van der Waals surface area contributed by atoms with E-state index in [1.807, 2.05) is 24.3 Å². The van der Waals surface area contributed by atoms with Gasteiger partial charge in [0, 0.05) is 23.4 Å². The van der Waals surface area contributed by atoms with Crippen LogP contribution in [0.25, 0.3) is 22.6 Å². The van der Waals surface area contributed by atoms with Crippen LogP contribution in [-0.4, -0.2) is 16.8 Å². The maximum Gasteiger partial charge on any atom is 0.232 e. The number of hydrogen-bond donors (Lipinski definition) is 2. The lowest BCUT2D eigenvalue weighted by atomic mass is 9.89. The number of nitrogens with zero attached hydrogens (tertiary/aromatic N) is 1. The van der Waals surface area contributed by atoms with E-state index in [0.29, 0.717) is 28.4 Å². The molecule has 2 heterocycles. The van der Waals surface area contributed by atoms with Crippen LogP contribution in [0, 0.1) is 5.82 Å². The van der Waals surface area contributed by atoms with E-state index in [-0.39, 0.29) is 18.2 Å². The third kappa shape index (κ3) is 3.30. The Morgan fingerprint density at radius 2 is 1.90 bits per heavy atom. The van der Waals surface area contributed by atoms with Crippen molar-refractivity contribution in [3.63, 3.8) is 0 Å². The second-order valence-electron chi connectivity index (χ2n) is 7.09. The van der Waals surface area contributed by atoms with Crippen molar-refractivity contribution < 1.29 is 18.4 Å². The number of hydrogen-bond acceptors (Lipinski definition) is 4. The number of carbonyl (C=O) groups excluding carboxylic acids is 2. The van der Waals surface area contributed by atoms with Crippen molar-refractivity contribution in [1.29, 1.82) is 0 Å². The minimum absolute atomic E-state index is 0.00541. The molecule has 0 fully saturated rings. The van der Waals surface area contributed by atoms with Gasteiger partial charge in [-0.1, -0.05) is 18.2 Å². The molecule has 1 aliphatic rings. The first kappa shape index (κ1) is 18.1. The summed E-state index contributed by atoms with van der Waals surface area (Å²) in [6.45, 7) is 0. The van der Waals surface area contributed by atoms with Gasteiger partial charge < -0.3 is 15.1 Å². The summed E-state index contributed by atoms with van der Waals surface area (Å²) in [6.07, 6.45) is 0.00541. The lowest BCUT2D eigenvalue weighted by Gasteiger charge is -2.24. The van der Waals surface area contributed by atoms with Crippen molar-refractivity contribution in [2.24, 2.45) is 0 Å². The summed E-state index contributed by atoms with van der Waals surface area (Å²) in [5.74, 6) is -1.31. The summed E-state index contributed by atoms with van der Waals surface area (Å²) in [5.41, 5.74) is 3.76. The van der Waals surface area contributed by atoms with Crippen molar-refractivity contribution in [2.75, 3.05) is 10.6 Å². The number of nitrogens with one attached hydrogen (secondary N) is 2. The average Bonchev–Trinajstić information content (AvgIpc) is 3.17. The van der Waals surface area contributed by atoms with Gasteiger partial charge in [0.1, 0.15) is 11.3 Å². The van der Waals surface area contributed by atoms with Crippen LogP contribution < -0.4 is 10.6 Å². The molecule has 1 aliphatic heterocycles. The highest BCUT2D eigenvalue weighted by Crippen LogP contribution is 2.34. The van der Waals surface area contributed by atoms with Crippen LogP contribution in [0.4, 0.5) is 15.8 Å². The smallest absolute Gasteiger partial charge is 0.232 e. The van der Waals surface area contributed by atoms with Gasteiger partial charge in [-0.3, -0.25) is 9.59 Å². The first-order valence-electron chi connectivity index (χ1n) is 9.43. The van der Waals surface area contributed by atoms with Crippen molar-refractivity contribution in [3.05, 3.63) is 78.1 Å². The molecule has 7 heteroatoms. The largest absolute Gasteiger partial charge is 0.436 e. The second kappa shape index (κ2) is 7.11. The van der Waals surface area contributed by atoms with E-state index in [0.717, 1.165) is 11.1 Å². The highest BCUT2D eigenvalue weighted by molar-refractivity contribution is 6.05. The first-order valence-corrected chi connectivity index (χ1v) is 9.43. The lowest BCUT2D eigenvalue weighted by molar-refractivity contribution is -0.123. The summed E-state index contributed by atoms with van der Waals surface area (Å²) in [7, 11) is 0. The molecule has 0 bridgehead atoms. The highest BCUT2D eigenvalue weighted by atomic mass is 19.1. The van der Waals surface area contributed by atoms with Gasteiger partial charge in [0.2, 0.25) is 17.7 Å². The van der Waals surface area contributed by atoms with Gasteiger partial charge in [-0.25, -0.2) is 9.37 Å². The molecule has 0 radical (unpaired) electrons. The number of fused-ring (bicyclic) bond motifs is 2. The molecule has 0 saturated carbocycles. The molecular formula is C23H16FN3O3. The fourth-order valence-electron chi connectivity index (χ4n) is 3.59. The molecule has 4 aromatic rings. The van der Waals surface area contributed by atoms with Gasteiger partial charge in [-0.05, 0) is 54.1 Å². The molecule has 148 valence electrons. The van der Waals surface area contributed by atoms with Gasteiger partial charge in [0.05, 0.1) is 5.92 Å². The predicted octanol–water partition coefficient (Wildman–Crippen LogP) is 4.70. The predicted molar refractivity (Wildman–Crippen MR) is 110 cm³/mol. The normalized spacial score (nSPS) is 15.5. The third-order valence-corrected chi connectivity index (χ3v) is 5.06. The number of rotatable bonds is 3. The Labute approximate surface area is 170 Å². The minimum Gasteiger partial charge on any atom is -0.436 e. The van der Waals surface area contributed by atoms with Gasteiger partial charge in [-0.2, -0.15) is 0 Å². The number of amides is 2. The lowest BCUT2D eigenvalue weighted by Crippen LogP contribution is -2.30. The maximum atomic E-state index is 13.5. The van der Waals surface area contributed by atoms with E-state index >= 15 is 0 Å². The SMILES string of the molecule is O=C1CC(C(=O)Nc2ccc(-c3nc4ccccc4o3)cc2)c2ccc(F)cc2N1. The summed E-state index contributed by atoms with van der Waals surface area (Å²) < 4.78 is 19.2. The van der Waals surface area contributed by atoms with Gasteiger partial charge in [-0.15, -0.1) is 0 Å². The summed E-state index contributed by atoms with van der Waals surface area (Å²) in [5, 5.41) is 5.44. The van der Waals surface area contributed by atoms with Crippen LogP contribution in [0.15, 0.2) is 71.1 Å². The van der Waals surface area contributed by atoms with Gasteiger partial charge >= 0.3 is 0 Å². The zero-order valence-electron chi connectivity index (χ0n) is 15.7. The number of para-hydroxylation sites is 2. The van der Waals surface area contributed by atoms with E-state index in [1.54, 1.807) is 24.3 Å². The van der Waals surface area contributed by atoms with Gasteiger partial charge in [0.25, 0.3) is 0 Å². The van der Waals surface area contributed by atoms with Gasteiger partial charge in [0.15, 0.2) is 5.58 Å². The number of halogens is 1. The standard InChI is InChI=1S/C23H16FN3O3/c24-14-7-10-16-17(12-21(28)26-19(16)11-14)22(29)25-15-8-5-13(6-9-15)23-27-18-3-1-2-4-20(18)30-23/h1-11,17H,12H2,(H,25,29)(H,26,28). The van der Waals surface area contributed by atoms with E-state index in [9.17, 15) is 14.0 Å². The number of anilines is 2. The number of aromatic nitrogens is 1. The van der Waals surface area contributed by atoms with Crippen molar-refractivity contribution in [1.82, 2.24) is 4.98 Å². The number of benzene rings is 3. The molecule has 2 amide bonds. The van der Waals surface area contributed by atoms with Crippen molar-refractivity contribution in [3.8, 4) is 11.5 Å². The Hall–Kier alpha value is -4.00. The van der Waals surface area contributed by atoms with Crippen LogP contribution in [0.5, 0.6) is 0 Å².